The molecule has 2 aromatic heterocycles. The highest BCUT2D eigenvalue weighted by atomic mass is 32.2. The molecule has 0 bridgehead atoms. The second kappa shape index (κ2) is 5.35. The van der Waals surface area contributed by atoms with Gasteiger partial charge in [0.1, 0.15) is 0 Å². The Morgan fingerprint density at radius 1 is 1.12 bits per heavy atom. The standard InChI is InChI=1S/C12H8OS3/c1-14-12-7-6-10(16-12)3-2-9-4-5-11(8-13)15-9/h4-8H,1H3. The van der Waals surface area contributed by atoms with Crippen LogP contribution in [0.5, 0.6) is 0 Å². The van der Waals surface area contributed by atoms with Crippen molar-refractivity contribution < 1.29 is 4.79 Å². The fraction of sp³-hybridized carbons (Fsp3) is 0.0833. The van der Waals surface area contributed by atoms with Crippen LogP contribution in [0.15, 0.2) is 28.5 Å². The van der Waals surface area contributed by atoms with Crippen LogP contribution in [0.3, 0.4) is 0 Å². The Morgan fingerprint density at radius 2 is 1.81 bits per heavy atom. The average molecular weight is 264 g/mol. The highest BCUT2D eigenvalue weighted by Crippen LogP contribution is 2.24. The molecule has 0 aliphatic rings. The summed E-state index contributed by atoms with van der Waals surface area (Å²) in [5, 5.41) is 0. The topological polar surface area (TPSA) is 17.1 Å². The van der Waals surface area contributed by atoms with E-state index in [-0.39, 0.29) is 0 Å². The van der Waals surface area contributed by atoms with Crippen LogP contribution in [-0.4, -0.2) is 12.5 Å². The minimum Gasteiger partial charge on any atom is -0.297 e. The molecule has 2 heterocycles. The van der Waals surface area contributed by atoms with Crippen molar-refractivity contribution in [2.45, 2.75) is 4.21 Å². The third-order valence-electron chi connectivity index (χ3n) is 1.83. The fourth-order valence-electron chi connectivity index (χ4n) is 1.10. The normalized spacial score (nSPS) is 9.56. The van der Waals surface area contributed by atoms with Crippen molar-refractivity contribution in [3.63, 3.8) is 0 Å². The van der Waals surface area contributed by atoms with Gasteiger partial charge in [-0.3, -0.25) is 4.79 Å². The van der Waals surface area contributed by atoms with Crippen molar-refractivity contribution in [1.29, 1.82) is 0 Å². The molecule has 0 aromatic carbocycles. The molecule has 2 rings (SSSR count). The summed E-state index contributed by atoms with van der Waals surface area (Å²) in [4.78, 5) is 13.2. The highest BCUT2D eigenvalue weighted by molar-refractivity contribution is 8.00. The van der Waals surface area contributed by atoms with Gasteiger partial charge in [0.2, 0.25) is 0 Å². The number of aldehydes is 1. The van der Waals surface area contributed by atoms with Crippen LogP contribution in [0, 0.1) is 11.8 Å². The van der Waals surface area contributed by atoms with Gasteiger partial charge in [0, 0.05) is 0 Å². The number of hydrogen-bond donors (Lipinski definition) is 0. The summed E-state index contributed by atoms with van der Waals surface area (Å²) in [6, 6.07) is 7.77. The monoisotopic (exact) mass is 264 g/mol. The maximum atomic E-state index is 10.5. The Hall–Kier alpha value is -1.02. The summed E-state index contributed by atoms with van der Waals surface area (Å²) < 4.78 is 1.27. The number of hydrogen-bond acceptors (Lipinski definition) is 4. The zero-order valence-electron chi connectivity index (χ0n) is 8.52. The third kappa shape index (κ3) is 2.76. The van der Waals surface area contributed by atoms with Gasteiger partial charge in [-0.1, -0.05) is 0 Å². The second-order valence-electron chi connectivity index (χ2n) is 2.89. The number of rotatable bonds is 2. The molecule has 1 nitrogen and oxygen atoms in total. The molecule has 0 spiro atoms. The molecule has 0 atom stereocenters. The summed E-state index contributed by atoms with van der Waals surface area (Å²) in [6.45, 7) is 0. The van der Waals surface area contributed by atoms with E-state index in [9.17, 15) is 4.79 Å². The van der Waals surface area contributed by atoms with Gasteiger partial charge in [0.05, 0.1) is 18.8 Å². The van der Waals surface area contributed by atoms with Crippen molar-refractivity contribution in [2.24, 2.45) is 0 Å². The van der Waals surface area contributed by atoms with Crippen LogP contribution < -0.4 is 0 Å². The molecule has 80 valence electrons. The molecule has 0 fully saturated rings. The molecule has 0 aliphatic heterocycles. The van der Waals surface area contributed by atoms with Gasteiger partial charge in [-0.15, -0.1) is 34.4 Å². The van der Waals surface area contributed by atoms with Gasteiger partial charge in [0.25, 0.3) is 0 Å². The van der Waals surface area contributed by atoms with E-state index < -0.39 is 0 Å². The number of carbonyl (C=O) groups is 1. The summed E-state index contributed by atoms with van der Waals surface area (Å²) in [6.07, 6.45) is 2.91. The predicted octanol–water partition coefficient (Wildman–Crippen LogP) is 3.74. The molecular weight excluding hydrogens is 256 g/mol. The van der Waals surface area contributed by atoms with E-state index >= 15 is 0 Å². The minimum atomic E-state index is 0.722. The molecule has 0 radical (unpaired) electrons. The second-order valence-corrected chi connectivity index (χ2v) is 6.20. The number of thiophene rings is 2. The summed E-state index contributed by atoms with van der Waals surface area (Å²) in [5.74, 6) is 6.17. The minimum absolute atomic E-state index is 0.722. The summed E-state index contributed by atoms with van der Waals surface area (Å²) in [7, 11) is 0. The van der Waals surface area contributed by atoms with E-state index in [0.29, 0.717) is 0 Å². The first kappa shape index (κ1) is 11.5. The van der Waals surface area contributed by atoms with Crippen molar-refractivity contribution in [3.05, 3.63) is 38.9 Å². The Kier molecular flexibility index (Phi) is 3.83. The fourth-order valence-corrected chi connectivity index (χ4v) is 3.18. The van der Waals surface area contributed by atoms with Crippen LogP contribution in [0.4, 0.5) is 0 Å². The van der Waals surface area contributed by atoms with Crippen molar-refractivity contribution >= 4 is 40.7 Å². The van der Waals surface area contributed by atoms with Crippen molar-refractivity contribution in [2.75, 3.05) is 6.26 Å². The van der Waals surface area contributed by atoms with Crippen LogP contribution in [0.25, 0.3) is 0 Å². The average Bonchev–Trinajstić information content (AvgIpc) is 2.95. The first-order valence-electron chi connectivity index (χ1n) is 4.52. The lowest BCUT2D eigenvalue weighted by Crippen LogP contribution is -1.63. The molecule has 2 aromatic rings. The van der Waals surface area contributed by atoms with E-state index in [0.717, 1.165) is 20.9 Å². The van der Waals surface area contributed by atoms with Gasteiger partial charge in [-0.2, -0.15) is 0 Å². The smallest absolute Gasteiger partial charge is 0.160 e. The summed E-state index contributed by atoms with van der Waals surface area (Å²) >= 11 is 4.84. The first-order chi connectivity index (χ1) is 7.81. The zero-order chi connectivity index (χ0) is 11.4. The van der Waals surface area contributed by atoms with Gasteiger partial charge < -0.3 is 0 Å². The van der Waals surface area contributed by atoms with Gasteiger partial charge >= 0.3 is 0 Å². The molecular formula is C12H8OS3. The Labute approximate surface area is 107 Å². The maximum absolute atomic E-state index is 10.5. The molecule has 0 amide bonds. The van der Waals surface area contributed by atoms with Crippen LogP contribution in [-0.2, 0) is 0 Å². The molecule has 0 saturated heterocycles. The molecule has 16 heavy (non-hydrogen) atoms. The van der Waals surface area contributed by atoms with Gasteiger partial charge in [-0.25, -0.2) is 0 Å². The van der Waals surface area contributed by atoms with E-state index in [1.165, 1.54) is 15.5 Å². The van der Waals surface area contributed by atoms with E-state index in [1.54, 1.807) is 29.2 Å². The Balaban J connectivity index is 2.17. The largest absolute Gasteiger partial charge is 0.297 e. The predicted molar refractivity (Wildman–Crippen MR) is 71.8 cm³/mol. The lowest BCUT2D eigenvalue weighted by atomic mass is 10.4. The SMILES string of the molecule is CSc1ccc(C#Cc2ccc(C=O)s2)s1. The van der Waals surface area contributed by atoms with Crippen molar-refractivity contribution in [1.82, 2.24) is 0 Å². The van der Waals surface area contributed by atoms with Crippen molar-refractivity contribution in [3.8, 4) is 11.8 Å². The first-order valence-corrected chi connectivity index (χ1v) is 7.38. The molecule has 4 heteroatoms. The lowest BCUT2D eigenvalue weighted by molar-refractivity contribution is 0.112. The highest BCUT2D eigenvalue weighted by Gasteiger charge is 1.96. The quantitative estimate of drug-likeness (QED) is 0.467. The number of thioether (sulfide) groups is 1. The molecule has 0 unspecified atom stereocenters. The molecule has 0 saturated carbocycles. The van der Waals surface area contributed by atoms with Crippen LogP contribution in [0.1, 0.15) is 19.4 Å². The van der Waals surface area contributed by atoms with Gasteiger partial charge in [0.15, 0.2) is 6.29 Å². The molecule has 0 N–H and O–H groups in total. The Bertz CT molecular complexity index is 554. The third-order valence-corrected chi connectivity index (χ3v) is 4.84. The summed E-state index contributed by atoms with van der Waals surface area (Å²) in [5.41, 5.74) is 0. The Morgan fingerprint density at radius 3 is 2.38 bits per heavy atom. The molecule has 0 aliphatic carbocycles. The van der Waals surface area contributed by atoms with Crippen LogP contribution in [0.2, 0.25) is 0 Å². The lowest BCUT2D eigenvalue weighted by Gasteiger charge is -1.81. The zero-order valence-corrected chi connectivity index (χ0v) is 11.0. The maximum Gasteiger partial charge on any atom is 0.160 e. The van der Waals surface area contributed by atoms with E-state index in [2.05, 4.69) is 24.2 Å². The van der Waals surface area contributed by atoms with E-state index in [1.807, 2.05) is 12.1 Å². The van der Waals surface area contributed by atoms with E-state index in [4.69, 9.17) is 0 Å². The van der Waals surface area contributed by atoms with Gasteiger partial charge in [-0.05, 0) is 42.4 Å². The number of carbonyl (C=O) groups excluding carboxylic acids is 1. The van der Waals surface area contributed by atoms with Crippen LogP contribution >= 0.6 is 34.4 Å².